The van der Waals surface area contributed by atoms with E-state index >= 15 is 0 Å². The molecule has 1 N–H and O–H groups in total. The van der Waals surface area contributed by atoms with Gasteiger partial charge in [0.05, 0.1) is 0 Å². The fraction of sp³-hybridized carbons (Fsp3) is 0.611. The molecule has 2 heterocycles. The second kappa shape index (κ2) is 7.65. The Kier molecular flexibility index (Phi) is 5.57. The molecule has 2 saturated heterocycles. The van der Waals surface area contributed by atoms with Gasteiger partial charge in [-0.05, 0) is 24.5 Å². The van der Waals surface area contributed by atoms with Crippen LogP contribution >= 0.6 is 11.6 Å². The average molecular weight is 336 g/mol. The van der Waals surface area contributed by atoms with Crippen LogP contribution in [-0.2, 0) is 11.2 Å². The molecule has 5 heteroatoms. The molecule has 0 bridgehead atoms. The molecule has 3 rings (SSSR count). The zero-order valence-corrected chi connectivity index (χ0v) is 14.6. The first kappa shape index (κ1) is 16.7. The molecule has 2 unspecified atom stereocenters. The van der Waals surface area contributed by atoms with Crippen molar-refractivity contribution in [1.82, 2.24) is 15.1 Å². The van der Waals surface area contributed by atoms with Gasteiger partial charge in [-0.3, -0.25) is 9.69 Å². The van der Waals surface area contributed by atoms with Crippen molar-refractivity contribution in [3.63, 3.8) is 0 Å². The van der Waals surface area contributed by atoms with E-state index in [0.717, 1.165) is 56.3 Å². The Morgan fingerprint density at radius 1 is 1.30 bits per heavy atom. The summed E-state index contributed by atoms with van der Waals surface area (Å²) in [5.41, 5.74) is 1.06. The number of nitrogens with one attached hydrogen (secondary N) is 1. The molecule has 126 valence electrons. The van der Waals surface area contributed by atoms with Gasteiger partial charge < -0.3 is 10.2 Å². The van der Waals surface area contributed by atoms with Crippen LogP contribution in [0.1, 0.15) is 18.9 Å². The van der Waals surface area contributed by atoms with Crippen molar-refractivity contribution in [2.45, 2.75) is 25.8 Å². The van der Waals surface area contributed by atoms with Gasteiger partial charge in [-0.1, -0.05) is 36.7 Å². The van der Waals surface area contributed by atoms with Crippen LogP contribution in [0.3, 0.4) is 0 Å². The minimum atomic E-state index is -0.0170. The molecule has 0 spiro atoms. The van der Waals surface area contributed by atoms with Crippen molar-refractivity contribution in [3.8, 4) is 0 Å². The number of carbonyl (C=O) groups is 1. The molecule has 2 atom stereocenters. The summed E-state index contributed by atoms with van der Waals surface area (Å²) in [4.78, 5) is 17.3. The van der Waals surface area contributed by atoms with Crippen LogP contribution in [0.5, 0.6) is 0 Å². The number of benzene rings is 1. The lowest BCUT2D eigenvalue weighted by Crippen LogP contribution is -2.49. The maximum Gasteiger partial charge on any atom is 0.225 e. The van der Waals surface area contributed by atoms with Gasteiger partial charge in [0.1, 0.15) is 0 Å². The molecule has 2 aliphatic heterocycles. The standard InChI is InChI=1S/C18H26ClN3O/c1-14(12-15-4-2-3-5-17(15)19)18(23)22-9-6-16(13-22)21-10-7-20-8-11-21/h2-5,14,16,20H,6-13H2,1H3. The van der Waals surface area contributed by atoms with Crippen molar-refractivity contribution in [2.24, 2.45) is 5.92 Å². The molecule has 23 heavy (non-hydrogen) atoms. The fourth-order valence-electron chi connectivity index (χ4n) is 3.68. The van der Waals surface area contributed by atoms with Crippen LogP contribution in [0.4, 0.5) is 0 Å². The van der Waals surface area contributed by atoms with Gasteiger partial charge >= 0.3 is 0 Å². The topological polar surface area (TPSA) is 35.6 Å². The molecule has 2 aliphatic rings. The Hall–Kier alpha value is -1.10. The molecule has 1 amide bonds. The first-order valence-electron chi connectivity index (χ1n) is 8.62. The number of likely N-dealkylation sites (tertiary alicyclic amines) is 1. The van der Waals surface area contributed by atoms with Crippen molar-refractivity contribution in [3.05, 3.63) is 34.9 Å². The largest absolute Gasteiger partial charge is 0.341 e. The monoisotopic (exact) mass is 335 g/mol. The third kappa shape index (κ3) is 4.06. The maximum atomic E-state index is 12.7. The minimum absolute atomic E-state index is 0.0170. The summed E-state index contributed by atoms with van der Waals surface area (Å²) in [5.74, 6) is 0.249. The molecule has 0 aromatic heterocycles. The van der Waals surface area contributed by atoms with Gasteiger partial charge in [0.2, 0.25) is 5.91 Å². The first-order chi connectivity index (χ1) is 11.1. The van der Waals surface area contributed by atoms with Crippen molar-refractivity contribution >= 4 is 17.5 Å². The molecule has 0 saturated carbocycles. The lowest BCUT2D eigenvalue weighted by atomic mass is 10.00. The average Bonchev–Trinajstić information content (AvgIpc) is 3.07. The number of nitrogens with zero attached hydrogens (tertiary/aromatic N) is 2. The maximum absolute atomic E-state index is 12.7. The first-order valence-corrected chi connectivity index (χ1v) is 9.00. The molecule has 4 nitrogen and oxygen atoms in total. The second-order valence-electron chi connectivity index (χ2n) is 6.71. The van der Waals surface area contributed by atoms with Gasteiger partial charge in [0.15, 0.2) is 0 Å². The normalized spacial score (nSPS) is 23.9. The molecule has 2 fully saturated rings. The Bertz CT molecular complexity index is 545. The van der Waals surface area contributed by atoms with Gasteiger partial charge in [-0.2, -0.15) is 0 Å². The highest BCUT2D eigenvalue weighted by molar-refractivity contribution is 6.31. The number of amides is 1. The SMILES string of the molecule is CC(Cc1ccccc1Cl)C(=O)N1CCC(N2CCNCC2)C1. The summed E-state index contributed by atoms with van der Waals surface area (Å²) in [6.07, 6.45) is 1.82. The van der Waals surface area contributed by atoms with Crippen LogP contribution in [0, 0.1) is 5.92 Å². The predicted molar refractivity (Wildman–Crippen MR) is 93.7 cm³/mol. The third-order valence-electron chi connectivity index (χ3n) is 5.05. The summed E-state index contributed by atoms with van der Waals surface area (Å²) in [6.45, 7) is 8.11. The van der Waals surface area contributed by atoms with E-state index in [1.54, 1.807) is 0 Å². The fourth-order valence-corrected chi connectivity index (χ4v) is 3.89. The van der Waals surface area contributed by atoms with Crippen LogP contribution < -0.4 is 5.32 Å². The van der Waals surface area contributed by atoms with Gasteiger partial charge in [-0.25, -0.2) is 0 Å². The summed E-state index contributed by atoms with van der Waals surface area (Å²) in [6, 6.07) is 8.35. The Labute approximate surface area is 143 Å². The third-order valence-corrected chi connectivity index (χ3v) is 5.42. The van der Waals surface area contributed by atoms with Crippen molar-refractivity contribution in [2.75, 3.05) is 39.3 Å². The van der Waals surface area contributed by atoms with E-state index in [-0.39, 0.29) is 11.8 Å². The zero-order valence-electron chi connectivity index (χ0n) is 13.8. The van der Waals surface area contributed by atoms with Gasteiger partial charge in [0, 0.05) is 56.3 Å². The molecule has 0 aliphatic carbocycles. The van der Waals surface area contributed by atoms with E-state index in [9.17, 15) is 4.79 Å². The quantitative estimate of drug-likeness (QED) is 0.914. The molecule has 1 aromatic carbocycles. The Morgan fingerprint density at radius 3 is 2.78 bits per heavy atom. The van der Waals surface area contributed by atoms with Crippen LogP contribution in [-0.4, -0.2) is 61.0 Å². The number of halogens is 1. The smallest absolute Gasteiger partial charge is 0.225 e. The predicted octanol–water partition coefficient (Wildman–Crippen LogP) is 2.02. The lowest BCUT2D eigenvalue weighted by molar-refractivity contribution is -0.134. The number of carbonyl (C=O) groups excluding carboxylic acids is 1. The van der Waals surface area contributed by atoms with E-state index in [1.165, 1.54) is 0 Å². The number of piperazine rings is 1. The highest BCUT2D eigenvalue weighted by Crippen LogP contribution is 2.22. The minimum Gasteiger partial charge on any atom is -0.341 e. The van der Waals surface area contributed by atoms with Gasteiger partial charge in [-0.15, -0.1) is 0 Å². The van der Waals surface area contributed by atoms with E-state index in [4.69, 9.17) is 11.6 Å². The zero-order chi connectivity index (χ0) is 16.2. The van der Waals surface area contributed by atoms with E-state index in [0.29, 0.717) is 12.5 Å². The van der Waals surface area contributed by atoms with E-state index in [1.807, 2.05) is 36.1 Å². The molecular weight excluding hydrogens is 310 g/mol. The highest BCUT2D eigenvalue weighted by atomic mass is 35.5. The summed E-state index contributed by atoms with van der Waals surface area (Å²) in [5, 5.41) is 4.14. The van der Waals surface area contributed by atoms with Crippen LogP contribution in [0.15, 0.2) is 24.3 Å². The van der Waals surface area contributed by atoms with Crippen LogP contribution in [0.25, 0.3) is 0 Å². The summed E-state index contributed by atoms with van der Waals surface area (Å²) >= 11 is 6.22. The van der Waals surface area contributed by atoms with E-state index in [2.05, 4.69) is 10.2 Å². The lowest BCUT2D eigenvalue weighted by Gasteiger charge is -2.32. The highest BCUT2D eigenvalue weighted by Gasteiger charge is 2.32. The van der Waals surface area contributed by atoms with E-state index < -0.39 is 0 Å². The molecule has 0 radical (unpaired) electrons. The van der Waals surface area contributed by atoms with Crippen LogP contribution in [0.2, 0.25) is 5.02 Å². The van der Waals surface area contributed by atoms with Crippen molar-refractivity contribution < 1.29 is 4.79 Å². The summed E-state index contributed by atoms with van der Waals surface area (Å²) in [7, 11) is 0. The number of rotatable bonds is 4. The molecule has 1 aromatic rings. The second-order valence-corrected chi connectivity index (χ2v) is 7.12. The summed E-state index contributed by atoms with van der Waals surface area (Å²) < 4.78 is 0. The Morgan fingerprint density at radius 2 is 2.04 bits per heavy atom. The molecular formula is C18H26ClN3O. The number of hydrogen-bond acceptors (Lipinski definition) is 3. The Balaban J connectivity index is 1.55. The van der Waals surface area contributed by atoms with Gasteiger partial charge in [0.25, 0.3) is 0 Å². The van der Waals surface area contributed by atoms with Crippen molar-refractivity contribution in [1.29, 1.82) is 0 Å². The number of hydrogen-bond donors (Lipinski definition) is 1.